The first-order valence-corrected chi connectivity index (χ1v) is 10.3. The van der Waals surface area contributed by atoms with E-state index in [-0.39, 0.29) is 10.8 Å². The van der Waals surface area contributed by atoms with Crippen molar-refractivity contribution in [3.63, 3.8) is 0 Å². The Morgan fingerprint density at radius 3 is 2.77 bits per heavy atom. The molecule has 3 rings (SSSR count). The Labute approximate surface area is 154 Å². The minimum Gasteiger partial charge on any atom is -0.352 e. The van der Waals surface area contributed by atoms with E-state index in [1.807, 2.05) is 25.1 Å². The molecule has 1 aliphatic rings. The van der Waals surface area contributed by atoms with Gasteiger partial charge in [-0.25, -0.2) is 8.42 Å². The highest BCUT2D eigenvalue weighted by atomic mass is 32.2. The Balaban J connectivity index is 1.85. The van der Waals surface area contributed by atoms with E-state index in [2.05, 4.69) is 10.3 Å². The Morgan fingerprint density at radius 1 is 1.19 bits per heavy atom. The first-order valence-electron chi connectivity index (χ1n) is 8.83. The van der Waals surface area contributed by atoms with Crippen LogP contribution in [0.3, 0.4) is 0 Å². The molecular formula is C19H23N3O3S. The molecule has 2 aromatic rings. The fraction of sp³-hybridized carbons (Fsp3) is 0.368. The molecule has 0 bridgehead atoms. The lowest BCUT2D eigenvalue weighted by atomic mass is 10.0. The summed E-state index contributed by atoms with van der Waals surface area (Å²) in [7, 11) is -3.66. The van der Waals surface area contributed by atoms with Crippen molar-refractivity contribution in [2.24, 2.45) is 0 Å². The number of aromatic nitrogens is 1. The number of sulfonamides is 1. The van der Waals surface area contributed by atoms with Crippen molar-refractivity contribution < 1.29 is 13.2 Å². The van der Waals surface area contributed by atoms with Gasteiger partial charge in [-0.15, -0.1) is 0 Å². The second-order valence-electron chi connectivity index (χ2n) is 6.30. The largest absolute Gasteiger partial charge is 0.352 e. The van der Waals surface area contributed by atoms with Crippen molar-refractivity contribution in [2.75, 3.05) is 19.6 Å². The lowest BCUT2D eigenvalue weighted by Gasteiger charge is -2.23. The summed E-state index contributed by atoms with van der Waals surface area (Å²) >= 11 is 0. The maximum absolute atomic E-state index is 13.1. The molecule has 0 saturated carbocycles. The molecule has 1 aromatic heterocycles. The van der Waals surface area contributed by atoms with Crippen molar-refractivity contribution >= 4 is 15.9 Å². The molecule has 6 nitrogen and oxygen atoms in total. The maximum Gasteiger partial charge on any atom is 0.251 e. The summed E-state index contributed by atoms with van der Waals surface area (Å²) in [6.07, 6.45) is 3.69. The summed E-state index contributed by atoms with van der Waals surface area (Å²) in [5, 5.41) is 2.76. The van der Waals surface area contributed by atoms with Gasteiger partial charge >= 0.3 is 0 Å². The van der Waals surface area contributed by atoms with Gasteiger partial charge in [-0.1, -0.05) is 19.1 Å². The molecule has 1 aliphatic heterocycles. The van der Waals surface area contributed by atoms with Gasteiger partial charge in [0.1, 0.15) is 0 Å². The summed E-state index contributed by atoms with van der Waals surface area (Å²) in [4.78, 5) is 16.5. The van der Waals surface area contributed by atoms with Gasteiger partial charge in [0.2, 0.25) is 10.0 Å². The summed E-state index contributed by atoms with van der Waals surface area (Å²) in [5.41, 5.74) is 2.20. The van der Waals surface area contributed by atoms with Crippen LogP contribution in [0.15, 0.2) is 47.5 Å². The summed E-state index contributed by atoms with van der Waals surface area (Å²) in [6, 6.07) is 10.5. The van der Waals surface area contributed by atoms with Crippen molar-refractivity contribution in [3.8, 4) is 0 Å². The second-order valence-corrected chi connectivity index (χ2v) is 8.24. The molecule has 138 valence electrons. The summed E-state index contributed by atoms with van der Waals surface area (Å²) in [5.74, 6) is -0.209. The topological polar surface area (TPSA) is 79.4 Å². The van der Waals surface area contributed by atoms with E-state index in [1.54, 1.807) is 18.3 Å². The van der Waals surface area contributed by atoms with Gasteiger partial charge in [-0.05, 0) is 42.7 Å². The number of benzene rings is 1. The predicted molar refractivity (Wildman–Crippen MR) is 99.5 cm³/mol. The molecule has 2 heterocycles. The third-order valence-corrected chi connectivity index (χ3v) is 6.35. The molecule has 1 amide bonds. The van der Waals surface area contributed by atoms with Gasteiger partial charge in [-0.2, -0.15) is 4.31 Å². The van der Waals surface area contributed by atoms with E-state index in [0.717, 1.165) is 17.7 Å². The van der Waals surface area contributed by atoms with E-state index in [0.29, 0.717) is 38.0 Å². The Bertz CT molecular complexity index is 882. The number of rotatable bonds is 7. The van der Waals surface area contributed by atoms with Gasteiger partial charge in [0.25, 0.3) is 5.91 Å². The predicted octanol–water partition coefficient (Wildman–Crippen LogP) is 2.01. The van der Waals surface area contributed by atoms with Crippen LogP contribution < -0.4 is 5.32 Å². The average molecular weight is 373 g/mol. The fourth-order valence-electron chi connectivity index (χ4n) is 3.09. The highest BCUT2D eigenvalue weighted by molar-refractivity contribution is 7.89. The average Bonchev–Trinajstić information content (AvgIpc) is 2.66. The molecule has 0 aliphatic carbocycles. The normalized spacial score (nSPS) is 14.2. The summed E-state index contributed by atoms with van der Waals surface area (Å²) in [6.45, 7) is 3.32. The lowest BCUT2D eigenvalue weighted by molar-refractivity contribution is 0.0945. The van der Waals surface area contributed by atoms with Gasteiger partial charge in [-0.3, -0.25) is 9.78 Å². The van der Waals surface area contributed by atoms with Crippen LogP contribution in [0, 0.1) is 0 Å². The molecule has 26 heavy (non-hydrogen) atoms. The molecule has 1 N–H and O–H groups in total. The first kappa shape index (κ1) is 18.5. The van der Waals surface area contributed by atoms with Crippen molar-refractivity contribution in [3.05, 3.63) is 59.4 Å². The number of amides is 1. The van der Waals surface area contributed by atoms with Gasteiger partial charge in [0.05, 0.1) is 4.90 Å². The number of hydrogen-bond donors (Lipinski definition) is 1. The standard InChI is InChI=1S/C19H23N3O3S/c1-2-12-22(13-9-16-5-3-4-10-20-16)26(24,25)17-7-6-15-8-11-21-19(23)18(15)14-17/h3-7,10,14H,2,8-9,11-13H2,1H3,(H,21,23). The highest BCUT2D eigenvalue weighted by Gasteiger charge is 2.26. The third kappa shape index (κ3) is 3.94. The molecule has 1 aromatic carbocycles. The number of nitrogens with zero attached hydrogens (tertiary/aromatic N) is 2. The highest BCUT2D eigenvalue weighted by Crippen LogP contribution is 2.22. The smallest absolute Gasteiger partial charge is 0.251 e. The Morgan fingerprint density at radius 2 is 2.04 bits per heavy atom. The zero-order valence-corrected chi connectivity index (χ0v) is 15.6. The minimum absolute atomic E-state index is 0.169. The number of carbonyl (C=O) groups excluding carboxylic acids is 1. The van der Waals surface area contributed by atoms with Crippen molar-refractivity contribution in [1.29, 1.82) is 0 Å². The third-order valence-electron chi connectivity index (χ3n) is 4.46. The SMILES string of the molecule is CCCN(CCc1ccccn1)S(=O)(=O)c1ccc2c(c1)C(=O)NCC2. The van der Waals surface area contributed by atoms with Crippen LogP contribution in [0.1, 0.15) is 35.0 Å². The zero-order chi connectivity index (χ0) is 18.6. The quantitative estimate of drug-likeness (QED) is 0.805. The number of nitrogens with one attached hydrogen (secondary N) is 1. The molecule has 0 spiro atoms. The first-order chi connectivity index (χ1) is 12.5. The molecule has 0 fully saturated rings. The van der Waals surface area contributed by atoms with E-state index in [4.69, 9.17) is 0 Å². The maximum atomic E-state index is 13.1. The van der Waals surface area contributed by atoms with Crippen LogP contribution >= 0.6 is 0 Å². The number of fused-ring (bicyclic) bond motifs is 1. The fourth-order valence-corrected chi connectivity index (χ4v) is 4.65. The van der Waals surface area contributed by atoms with Crippen molar-refractivity contribution in [2.45, 2.75) is 31.1 Å². The van der Waals surface area contributed by atoms with Gasteiger partial charge in [0, 0.05) is 43.5 Å². The van der Waals surface area contributed by atoms with Crippen LogP contribution in [0.25, 0.3) is 0 Å². The number of hydrogen-bond acceptors (Lipinski definition) is 4. The monoisotopic (exact) mass is 373 g/mol. The minimum atomic E-state index is -3.66. The van der Waals surface area contributed by atoms with E-state index in [9.17, 15) is 13.2 Å². The van der Waals surface area contributed by atoms with Crippen LogP contribution in [0.2, 0.25) is 0 Å². The molecule has 0 atom stereocenters. The second kappa shape index (κ2) is 7.97. The zero-order valence-electron chi connectivity index (χ0n) is 14.8. The van der Waals surface area contributed by atoms with Gasteiger partial charge < -0.3 is 5.32 Å². The van der Waals surface area contributed by atoms with Crippen LogP contribution in [0.4, 0.5) is 0 Å². The molecule has 0 saturated heterocycles. The lowest BCUT2D eigenvalue weighted by Crippen LogP contribution is -2.35. The van der Waals surface area contributed by atoms with E-state index >= 15 is 0 Å². The molecular weight excluding hydrogens is 350 g/mol. The Kier molecular flexibility index (Phi) is 5.68. The number of pyridine rings is 1. The molecule has 7 heteroatoms. The molecule has 0 radical (unpaired) electrons. The molecule has 0 unspecified atom stereocenters. The van der Waals surface area contributed by atoms with E-state index in [1.165, 1.54) is 10.4 Å². The van der Waals surface area contributed by atoms with E-state index < -0.39 is 10.0 Å². The van der Waals surface area contributed by atoms with Crippen LogP contribution in [0.5, 0.6) is 0 Å². The Hall–Kier alpha value is -2.25. The summed E-state index contributed by atoms with van der Waals surface area (Å²) < 4.78 is 27.7. The van der Waals surface area contributed by atoms with Crippen LogP contribution in [-0.2, 0) is 22.9 Å². The number of carbonyl (C=O) groups is 1. The van der Waals surface area contributed by atoms with Gasteiger partial charge in [0.15, 0.2) is 0 Å². The van der Waals surface area contributed by atoms with Crippen LogP contribution in [-0.4, -0.2) is 43.2 Å². The van der Waals surface area contributed by atoms with Crippen molar-refractivity contribution in [1.82, 2.24) is 14.6 Å².